The monoisotopic (exact) mass is 334 g/mol. The Kier molecular flexibility index (Phi) is 7.28. The van der Waals surface area contributed by atoms with Gasteiger partial charge in [0.1, 0.15) is 10.6 Å². The number of likely N-dealkylation sites (N-methyl/N-ethyl adjacent to an activating group) is 1. The van der Waals surface area contributed by atoms with Crippen LogP contribution in [0.1, 0.15) is 0 Å². The fraction of sp³-hybridized carbons (Fsp3) is 0.400. The molecule has 2 N–H and O–H groups in total. The number of rotatable bonds is 6. The van der Waals surface area contributed by atoms with E-state index in [1.165, 1.54) is 12.1 Å². The molecule has 1 aromatic rings. The fourth-order valence-corrected chi connectivity index (χ4v) is 2.43. The van der Waals surface area contributed by atoms with Crippen LogP contribution in [0, 0.1) is 0 Å². The lowest BCUT2D eigenvalue weighted by Crippen LogP contribution is -2.31. The molecular formula is C10H14ClF3N2O3S. The van der Waals surface area contributed by atoms with Gasteiger partial charge in [0.25, 0.3) is 0 Å². The average Bonchev–Trinajstić information content (AvgIpc) is 2.27. The molecule has 0 atom stereocenters. The molecule has 0 saturated heterocycles. The minimum Gasteiger partial charge on any atom is -0.404 e. The van der Waals surface area contributed by atoms with Crippen LogP contribution in [-0.2, 0) is 10.0 Å². The molecule has 0 amide bonds. The van der Waals surface area contributed by atoms with Crippen molar-refractivity contribution in [2.75, 3.05) is 20.1 Å². The summed E-state index contributed by atoms with van der Waals surface area (Å²) in [5.41, 5.74) is 0. The van der Waals surface area contributed by atoms with E-state index >= 15 is 0 Å². The van der Waals surface area contributed by atoms with Gasteiger partial charge in [0, 0.05) is 13.1 Å². The molecule has 0 fully saturated rings. The van der Waals surface area contributed by atoms with Gasteiger partial charge in [-0.05, 0) is 19.2 Å². The van der Waals surface area contributed by atoms with Crippen LogP contribution in [0.25, 0.3) is 0 Å². The molecule has 116 valence electrons. The average molecular weight is 335 g/mol. The Bertz CT molecular complexity index is 523. The summed E-state index contributed by atoms with van der Waals surface area (Å²) in [4.78, 5) is -0.552. The molecule has 0 bridgehead atoms. The van der Waals surface area contributed by atoms with E-state index in [0.29, 0.717) is 6.54 Å². The highest BCUT2D eigenvalue weighted by Gasteiger charge is 2.33. The number of nitrogens with one attached hydrogen (secondary N) is 2. The topological polar surface area (TPSA) is 67.4 Å². The third-order valence-corrected chi connectivity index (χ3v) is 3.53. The predicted octanol–water partition coefficient (Wildman–Crippen LogP) is 1.50. The van der Waals surface area contributed by atoms with E-state index in [9.17, 15) is 21.6 Å². The molecule has 0 radical (unpaired) electrons. The molecule has 0 saturated carbocycles. The van der Waals surface area contributed by atoms with E-state index in [-0.39, 0.29) is 19.0 Å². The van der Waals surface area contributed by atoms with Crippen LogP contribution in [0.2, 0.25) is 0 Å². The lowest BCUT2D eigenvalue weighted by atomic mass is 10.3. The summed E-state index contributed by atoms with van der Waals surface area (Å²) in [5.74, 6) is -0.757. The van der Waals surface area contributed by atoms with Crippen LogP contribution in [0.15, 0.2) is 29.2 Å². The van der Waals surface area contributed by atoms with Gasteiger partial charge in [0.05, 0.1) is 0 Å². The number of sulfonamides is 1. The number of hydrogen-bond acceptors (Lipinski definition) is 4. The van der Waals surface area contributed by atoms with Crippen LogP contribution in [-0.4, -0.2) is 34.9 Å². The summed E-state index contributed by atoms with van der Waals surface area (Å²) in [5, 5.41) is 2.71. The number of alkyl halides is 3. The normalized spacial score (nSPS) is 11.8. The third-order valence-electron chi connectivity index (χ3n) is 2.03. The standard InChI is InChI=1S/C10H13F3N2O3S.ClH/c1-14-6-7-15-19(16,17)9-5-3-2-4-8(9)18-10(11,12)13;/h2-5,14-15H,6-7H2,1H3;1H. The summed E-state index contributed by atoms with van der Waals surface area (Å²) >= 11 is 0. The van der Waals surface area contributed by atoms with E-state index in [1.807, 2.05) is 0 Å². The first-order valence-electron chi connectivity index (χ1n) is 5.25. The molecule has 1 aromatic carbocycles. The van der Waals surface area contributed by atoms with Gasteiger partial charge in [-0.25, -0.2) is 13.1 Å². The van der Waals surface area contributed by atoms with Crippen molar-refractivity contribution < 1.29 is 26.3 Å². The maximum atomic E-state index is 12.2. The summed E-state index contributed by atoms with van der Waals surface area (Å²) in [6.07, 6.45) is -4.95. The Hall–Kier alpha value is -1.03. The lowest BCUT2D eigenvalue weighted by Gasteiger charge is -2.13. The summed E-state index contributed by atoms with van der Waals surface area (Å²) in [7, 11) is -2.43. The van der Waals surface area contributed by atoms with E-state index in [1.54, 1.807) is 7.05 Å². The van der Waals surface area contributed by atoms with Crippen molar-refractivity contribution >= 4 is 22.4 Å². The van der Waals surface area contributed by atoms with E-state index in [2.05, 4.69) is 14.8 Å². The Morgan fingerprint density at radius 3 is 2.35 bits per heavy atom. The number of para-hydroxylation sites is 1. The van der Waals surface area contributed by atoms with Crippen LogP contribution in [0.5, 0.6) is 5.75 Å². The lowest BCUT2D eigenvalue weighted by molar-refractivity contribution is -0.275. The van der Waals surface area contributed by atoms with Gasteiger partial charge >= 0.3 is 6.36 Å². The summed E-state index contributed by atoms with van der Waals surface area (Å²) in [6.45, 7) is 0.403. The highest BCUT2D eigenvalue weighted by molar-refractivity contribution is 7.89. The number of ether oxygens (including phenoxy) is 1. The molecule has 0 aliphatic carbocycles. The van der Waals surface area contributed by atoms with Crippen LogP contribution < -0.4 is 14.8 Å². The van der Waals surface area contributed by atoms with Crippen molar-refractivity contribution in [3.8, 4) is 5.75 Å². The maximum Gasteiger partial charge on any atom is 0.573 e. The fourth-order valence-electron chi connectivity index (χ4n) is 1.27. The van der Waals surface area contributed by atoms with Gasteiger partial charge < -0.3 is 10.1 Å². The predicted molar refractivity (Wildman–Crippen MR) is 69.5 cm³/mol. The highest BCUT2D eigenvalue weighted by Crippen LogP contribution is 2.28. The van der Waals surface area contributed by atoms with Gasteiger partial charge in [-0.15, -0.1) is 25.6 Å². The summed E-state index contributed by atoms with van der Waals surface area (Å²) < 4.78 is 66.0. The van der Waals surface area contributed by atoms with Crippen molar-refractivity contribution in [2.24, 2.45) is 0 Å². The molecule has 0 unspecified atom stereocenters. The van der Waals surface area contributed by atoms with Gasteiger partial charge in [-0.1, -0.05) is 12.1 Å². The molecule has 0 aliphatic heterocycles. The second kappa shape index (κ2) is 7.67. The second-order valence-electron chi connectivity index (χ2n) is 3.50. The van der Waals surface area contributed by atoms with Gasteiger partial charge in [-0.2, -0.15) is 0 Å². The smallest absolute Gasteiger partial charge is 0.404 e. The summed E-state index contributed by atoms with van der Waals surface area (Å²) in [6, 6.07) is 4.56. The zero-order valence-electron chi connectivity index (χ0n) is 10.4. The number of benzene rings is 1. The Morgan fingerprint density at radius 1 is 1.20 bits per heavy atom. The molecule has 0 heterocycles. The zero-order valence-corrected chi connectivity index (χ0v) is 12.0. The minimum atomic E-state index is -4.95. The van der Waals surface area contributed by atoms with Crippen molar-refractivity contribution in [2.45, 2.75) is 11.3 Å². The molecular weight excluding hydrogens is 321 g/mol. The minimum absolute atomic E-state index is 0. The van der Waals surface area contributed by atoms with Crippen molar-refractivity contribution in [1.29, 1.82) is 0 Å². The van der Waals surface area contributed by atoms with Gasteiger partial charge in [-0.3, -0.25) is 0 Å². The molecule has 0 spiro atoms. The van der Waals surface area contributed by atoms with Crippen LogP contribution >= 0.6 is 12.4 Å². The number of hydrogen-bond donors (Lipinski definition) is 2. The Labute approximate surface area is 121 Å². The Balaban J connectivity index is 0.00000361. The largest absolute Gasteiger partial charge is 0.573 e. The molecule has 10 heteroatoms. The van der Waals surface area contributed by atoms with Crippen LogP contribution in [0.3, 0.4) is 0 Å². The quantitative estimate of drug-likeness (QED) is 0.774. The maximum absolute atomic E-state index is 12.2. The van der Waals surface area contributed by atoms with Gasteiger partial charge in [0.15, 0.2) is 0 Å². The van der Waals surface area contributed by atoms with Gasteiger partial charge in [0.2, 0.25) is 10.0 Å². The SMILES string of the molecule is CNCCNS(=O)(=O)c1ccccc1OC(F)(F)F.Cl. The first-order chi connectivity index (χ1) is 8.76. The van der Waals surface area contributed by atoms with E-state index in [4.69, 9.17) is 0 Å². The Morgan fingerprint density at radius 2 is 1.80 bits per heavy atom. The molecule has 20 heavy (non-hydrogen) atoms. The number of halogens is 4. The first kappa shape index (κ1) is 19.0. The van der Waals surface area contributed by atoms with E-state index < -0.39 is 27.0 Å². The van der Waals surface area contributed by atoms with Crippen molar-refractivity contribution in [1.82, 2.24) is 10.0 Å². The molecule has 5 nitrogen and oxygen atoms in total. The van der Waals surface area contributed by atoms with Crippen molar-refractivity contribution in [3.63, 3.8) is 0 Å². The highest BCUT2D eigenvalue weighted by atomic mass is 35.5. The van der Waals surface area contributed by atoms with Crippen molar-refractivity contribution in [3.05, 3.63) is 24.3 Å². The van der Waals surface area contributed by atoms with Crippen LogP contribution in [0.4, 0.5) is 13.2 Å². The third kappa shape index (κ3) is 5.95. The van der Waals surface area contributed by atoms with E-state index in [0.717, 1.165) is 12.1 Å². The molecule has 0 aromatic heterocycles. The first-order valence-corrected chi connectivity index (χ1v) is 6.73. The zero-order chi connectivity index (χ0) is 14.5. The second-order valence-corrected chi connectivity index (χ2v) is 5.23. The molecule has 1 rings (SSSR count). The molecule has 0 aliphatic rings.